The van der Waals surface area contributed by atoms with Crippen LogP contribution in [-0.2, 0) is 11.2 Å². The minimum absolute atomic E-state index is 0.129. The Hall–Kier alpha value is -1.17. The van der Waals surface area contributed by atoms with Gasteiger partial charge in [0.1, 0.15) is 12.0 Å². The number of anilines is 1. The average molecular weight is 288 g/mol. The first-order valence-electron chi connectivity index (χ1n) is 4.65. The molecule has 17 heavy (non-hydrogen) atoms. The van der Waals surface area contributed by atoms with Gasteiger partial charge >= 0.3 is 0 Å². The van der Waals surface area contributed by atoms with Crippen LogP contribution in [0.3, 0.4) is 0 Å². The molecular formula is C10H7Cl2N3OS. The highest BCUT2D eigenvalue weighted by atomic mass is 35.5. The second-order valence-electron chi connectivity index (χ2n) is 3.13. The zero-order chi connectivity index (χ0) is 12.3. The van der Waals surface area contributed by atoms with Crippen LogP contribution in [0.5, 0.6) is 0 Å². The summed E-state index contributed by atoms with van der Waals surface area (Å²) in [7, 11) is 0. The van der Waals surface area contributed by atoms with Gasteiger partial charge in [0.15, 0.2) is 10.3 Å². The molecule has 0 saturated heterocycles. The largest absolute Gasteiger partial charge is 0.321 e. The molecule has 0 aromatic carbocycles. The quantitative estimate of drug-likeness (QED) is 0.883. The van der Waals surface area contributed by atoms with Crippen molar-refractivity contribution < 1.29 is 4.79 Å². The van der Waals surface area contributed by atoms with Gasteiger partial charge in [-0.15, -0.1) is 11.3 Å². The number of carbonyl (C=O) groups is 1. The molecule has 0 aliphatic heterocycles. The molecule has 1 amide bonds. The van der Waals surface area contributed by atoms with Gasteiger partial charge in [-0.3, -0.25) is 4.79 Å². The monoisotopic (exact) mass is 287 g/mol. The molecule has 0 aliphatic rings. The fraction of sp³-hybridized carbons (Fsp3) is 0.100. The first-order chi connectivity index (χ1) is 8.16. The van der Waals surface area contributed by atoms with Crippen molar-refractivity contribution in [3.05, 3.63) is 39.0 Å². The second kappa shape index (κ2) is 5.44. The van der Waals surface area contributed by atoms with E-state index in [4.69, 9.17) is 23.2 Å². The number of nitrogens with one attached hydrogen (secondary N) is 1. The Balaban J connectivity index is 2.08. The van der Waals surface area contributed by atoms with E-state index in [1.807, 2.05) is 17.5 Å². The average Bonchev–Trinajstić information content (AvgIpc) is 2.76. The molecule has 0 fully saturated rings. The molecule has 0 saturated carbocycles. The molecule has 0 unspecified atom stereocenters. The number of hydrogen-bond acceptors (Lipinski definition) is 4. The highest BCUT2D eigenvalue weighted by Gasteiger charge is 2.12. The van der Waals surface area contributed by atoms with Crippen LogP contribution >= 0.6 is 34.5 Å². The van der Waals surface area contributed by atoms with Gasteiger partial charge in [0, 0.05) is 4.88 Å². The van der Waals surface area contributed by atoms with Gasteiger partial charge < -0.3 is 5.32 Å². The van der Waals surface area contributed by atoms with Crippen molar-refractivity contribution in [2.75, 3.05) is 5.32 Å². The van der Waals surface area contributed by atoms with Gasteiger partial charge in [0.2, 0.25) is 5.91 Å². The van der Waals surface area contributed by atoms with Crippen LogP contribution in [0.25, 0.3) is 0 Å². The molecule has 0 aliphatic carbocycles. The topological polar surface area (TPSA) is 54.9 Å². The van der Waals surface area contributed by atoms with Crippen LogP contribution < -0.4 is 5.32 Å². The van der Waals surface area contributed by atoms with E-state index < -0.39 is 0 Å². The minimum Gasteiger partial charge on any atom is -0.321 e. The minimum atomic E-state index is -0.203. The molecule has 7 heteroatoms. The van der Waals surface area contributed by atoms with Gasteiger partial charge in [-0.25, -0.2) is 9.97 Å². The van der Waals surface area contributed by atoms with Crippen LogP contribution in [0.4, 0.5) is 5.69 Å². The van der Waals surface area contributed by atoms with Crippen molar-refractivity contribution in [2.45, 2.75) is 6.42 Å². The summed E-state index contributed by atoms with van der Waals surface area (Å²) in [5.74, 6) is -0.203. The Labute approximate surface area is 112 Å². The predicted octanol–water partition coefficient (Wildman–Crippen LogP) is 3.03. The lowest BCUT2D eigenvalue weighted by Crippen LogP contribution is -2.15. The standard InChI is InChI=1S/C10H7Cl2N3OS/c11-9-8(10(12)14-5-13-9)15-7(16)4-6-2-1-3-17-6/h1-3,5H,4H2,(H,15,16). The Kier molecular flexibility index (Phi) is 3.93. The molecule has 0 radical (unpaired) electrons. The summed E-state index contributed by atoms with van der Waals surface area (Å²) in [6.07, 6.45) is 1.51. The molecule has 4 nitrogen and oxygen atoms in total. The molecule has 0 atom stereocenters. The van der Waals surface area contributed by atoms with Crippen molar-refractivity contribution in [3.8, 4) is 0 Å². The predicted molar refractivity (Wildman–Crippen MR) is 68.7 cm³/mol. The lowest BCUT2D eigenvalue weighted by molar-refractivity contribution is -0.115. The maximum atomic E-state index is 11.7. The molecule has 1 N–H and O–H groups in total. The van der Waals surface area contributed by atoms with Crippen LogP contribution in [-0.4, -0.2) is 15.9 Å². The second-order valence-corrected chi connectivity index (χ2v) is 4.88. The Morgan fingerprint density at radius 2 is 2.06 bits per heavy atom. The van der Waals surface area contributed by atoms with Crippen LogP contribution in [0.2, 0.25) is 10.3 Å². The van der Waals surface area contributed by atoms with Crippen LogP contribution in [0.15, 0.2) is 23.8 Å². The van der Waals surface area contributed by atoms with Crippen molar-refractivity contribution in [3.63, 3.8) is 0 Å². The lowest BCUT2D eigenvalue weighted by Gasteiger charge is -2.06. The molecular weight excluding hydrogens is 281 g/mol. The maximum Gasteiger partial charge on any atom is 0.229 e. The number of nitrogens with zero attached hydrogens (tertiary/aromatic N) is 2. The number of hydrogen-bond donors (Lipinski definition) is 1. The van der Waals surface area contributed by atoms with Gasteiger partial charge in [-0.2, -0.15) is 0 Å². The van der Waals surface area contributed by atoms with Gasteiger partial charge in [0.25, 0.3) is 0 Å². The van der Waals surface area contributed by atoms with Gasteiger partial charge in [-0.1, -0.05) is 29.3 Å². The summed E-state index contributed by atoms with van der Waals surface area (Å²) in [6, 6.07) is 3.77. The SMILES string of the molecule is O=C(Cc1cccs1)Nc1c(Cl)ncnc1Cl. The summed E-state index contributed by atoms with van der Waals surface area (Å²) in [5.41, 5.74) is 0.248. The van der Waals surface area contributed by atoms with E-state index in [0.29, 0.717) is 0 Å². The molecule has 2 rings (SSSR count). The third-order valence-electron chi connectivity index (χ3n) is 1.93. The fourth-order valence-electron chi connectivity index (χ4n) is 1.20. The first kappa shape index (κ1) is 12.3. The smallest absolute Gasteiger partial charge is 0.229 e. The Morgan fingerprint density at radius 1 is 1.35 bits per heavy atom. The van der Waals surface area contributed by atoms with E-state index in [-0.39, 0.29) is 28.3 Å². The number of halogens is 2. The summed E-state index contributed by atoms with van der Waals surface area (Å²) in [4.78, 5) is 20.2. The molecule has 2 heterocycles. The number of thiophene rings is 1. The zero-order valence-electron chi connectivity index (χ0n) is 8.48. The number of aromatic nitrogens is 2. The van der Waals surface area contributed by atoms with E-state index in [1.165, 1.54) is 17.7 Å². The van der Waals surface area contributed by atoms with Crippen molar-refractivity contribution >= 4 is 46.1 Å². The van der Waals surface area contributed by atoms with E-state index in [0.717, 1.165) is 4.88 Å². The van der Waals surface area contributed by atoms with E-state index in [2.05, 4.69) is 15.3 Å². The Bertz CT molecular complexity index is 510. The normalized spacial score (nSPS) is 10.2. The summed E-state index contributed by atoms with van der Waals surface area (Å²) >= 11 is 13.1. The number of rotatable bonds is 3. The van der Waals surface area contributed by atoms with Crippen molar-refractivity contribution in [1.82, 2.24) is 9.97 Å². The summed E-state index contributed by atoms with van der Waals surface area (Å²) < 4.78 is 0. The lowest BCUT2D eigenvalue weighted by atomic mass is 10.3. The van der Waals surface area contributed by atoms with Gasteiger partial charge in [0.05, 0.1) is 6.42 Å². The van der Waals surface area contributed by atoms with E-state index in [9.17, 15) is 4.79 Å². The highest BCUT2D eigenvalue weighted by Crippen LogP contribution is 2.25. The molecule has 88 valence electrons. The van der Waals surface area contributed by atoms with Crippen molar-refractivity contribution in [1.29, 1.82) is 0 Å². The zero-order valence-corrected chi connectivity index (χ0v) is 10.8. The summed E-state index contributed by atoms with van der Waals surface area (Å²) in [5, 5.41) is 4.76. The van der Waals surface area contributed by atoms with Crippen LogP contribution in [0, 0.1) is 0 Å². The third kappa shape index (κ3) is 3.15. The molecule has 2 aromatic rings. The molecule has 0 spiro atoms. The first-order valence-corrected chi connectivity index (χ1v) is 6.28. The maximum absolute atomic E-state index is 11.7. The Morgan fingerprint density at radius 3 is 2.65 bits per heavy atom. The third-order valence-corrected chi connectivity index (χ3v) is 3.38. The van der Waals surface area contributed by atoms with Crippen LogP contribution in [0.1, 0.15) is 4.88 Å². The molecule has 2 aromatic heterocycles. The number of carbonyl (C=O) groups excluding carboxylic acids is 1. The fourth-order valence-corrected chi connectivity index (χ4v) is 2.32. The van der Waals surface area contributed by atoms with E-state index >= 15 is 0 Å². The number of amides is 1. The van der Waals surface area contributed by atoms with Gasteiger partial charge in [-0.05, 0) is 11.4 Å². The highest BCUT2D eigenvalue weighted by molar-refractivity contribution is 7.10. The van der Waals surface area contributed by atoms with E-state index in [1.54, 1.807) is 0 Å². The summed E-state index contributed by atoms with van der Waals surface area (Å²) in [6.45, 7) is 0. The molecule has 0 bridgehead atoms. The van der Waals surface area contributed by atoms with Crippen molar-refractivity contribution in [2.24, 2.45) is 0 Å².